The summed E-state index contributed by atoms with van der Waals surface area (Å²) in [5.41, 5.74) is 1.92. The molecule has 0 spiro atoms. The molecule has 2 fully saturated rings. The van der Waals surface area contributed by atoms with Crippen molar-refractivity contribution in [2.45, 2.75) is 44.4 Å². The second-order valence-corrected chi connectivity index (χ2v) is 9.44. The van der Waals surface area contributed by atoms with Crippen molar-refractivity contribution >= 4 is 28.9 Å². The van der Waals surface area contributed by atoms with Crippen LogP contribution in [0.15, 0.2) is 36.5 Å². The third-order valence-corrected chi connectivity index (χ3v) is 7.05. The lowest BCUT2D eigenvalue weighted by Gasteiger charge is -2.38. The van der Waals surface area contributed by atoms with Gasteiger partial charge in [-0.2, -0.15) is 0 Å². The molecule has 184 valence electrons. The average Bonchev–Trinajstić information content (AvgIpc) is 3.23. The maximum Gasteiger partial charge on any atom is 0.305 e. The Balaban J connectivity index is 1.38. The van der Waals surface area contributed by atoms with E-state index in [9.17, 15) is 9.90 Å². The van der Waals surface area contributed by atoms with Gasteiger partial charge in [-0.1, -0.05) is 18.5 Å². The van der Waals surface area contributed by atoms with Crippen LogP contribution in [0.3, 0.4) is 0 Å². The molecule has 0 radical (unpaired) electrons. The van der Waals surface area contributed by atoms with E-state index in [0.29, 0.717) is 29.8 Å². The first kappa shape index (κ1) is 24.4. The largest absolute Gasteiger partial charge is 0.490 e. The Bertz CT molecular complexity index is 989. The maximum absolute atomic E-state index is 11.3. The van der Waals surface area contributed by atoms with Crippen molar-refractivity contribution in [1.29, 1.82) is 0 Å². The topological polar surface area (TPSA) is 84.4 Å². The van der Waals surface area contributed by atoms with Gasteiger partial charge in [-0.15, -0.1) is 0 Å². The zero-order chi connectivity index (χ0) is 24.2. The molecule has 2 aliphatic heterocycles. The van der Waals surface area contributed by atoms with Crippen molar-refractivity contribution in [3.05, 3.63) is 41.6 Å². The summed E-state index contributed by atoms with van der Waals surface area (Å²) in [4.78, 5) is 19.8. The number of halogens is 1. The van der Waals surface area contributed by atoms with Crippen molar-refractivity contribution < 1.29 is 24.1 Å². The first-order chi connectivity index (χ1) is 16.4. The molecule has 1 N–H and O–H groups in total. The van der Waals surface area contributed by atoms with Crippen LogP contribution in [0.1, 0.15) is 26.2 Å². The summed E-state index contributed by atoms with van der Waals surface area (Å²) >= 11 is 6.39. The zero-order valence-corrected chi connectivity index (χ0v) is 20.6. The summed E-state index contributed by atoms with van der Waals surface area (Å²) in [5, 5.41) is 9.89. The van der Waals surface area contributed by atoms with E-state index >= 15 is 0 Å². The van der Waals surface area contributed by atoms with E-state index < -0.39 is 5.97 Å². The van der Waals surface area contributed by atoms with Gasteiger partial charge in [-0.3, -0.25) is 4.79 Å². The lowest BCUT2D eigenvalue weighted by molar-refractivity contribution is -0.137. The third-order valence-electron chi connectivity index (χ3n) is 6.76. The Labute approximate surface area is 205 Å². The molecule has 4 rings (SSSR count). The van der Waals surface area contributed by atoms with Gasteiger partial charge in [0.15, 0.2) is 0 Å². The molecule has 0 amide bonds. The van der Waals surface area contributed by atoms with E-state index in [4.69, 9.17) is 25.8 Å². The lowest BCUT2D eigenvalue weighted by Crippen LogP contribution is -2.44. The number of hydrogen-bond acceptors (Lipinski definition) is 7. The maximum atomic E-state index is 11.3. The second kappa shape index (κ2) is 10.7. The molecule has 0 aliphatic carbocycles. The minimum absolute atomic E-state index is 0.0418. The highest BCUT2D eigenvalue weighted by Gasteiger charge is 2.34. The van der Waals surface area contributed by atoms with Gasteiger partial charge in [-0.25, -0.2) is 4.98 Å². The number of methoxy groups -OCH3 is 2. The SMILES string of the molecule is COc1cc(N2CCC(Oc3ccc(N4C[C@H](OC)C[C@@H]4CC(=O)O)cc3)C(C)C2)c(Cl)cn1. The fraction of sp³-hybridized carbons (Fsp3) is 0.520. The van der Waals surface area contributed by atoms with Gasteiger partial charge < -0.3 is 29.1 Å². The van der Waals surface area contributed by atoms with Crippen LogP contribution in [-0.2, 0) is 9.53 Å². The summed E-state index contributed by atoms with van der Waals surface area (Å²) in [6.07, 6.45) is 3.44. The minimum atomic E-state index is -0.793. The Morgan fingerprint density at radius 1 is 1.24 bits per heavy atom. The molecule has 1 aromatic heterocycles. The number of piperidine rings is 1. The molecule has 1 aromatic carbocycles. The molecule has 2 saturated heterocycles. The van der Waals surface area contributed by atoms with Crippen LogP contribution < -0.4 is 19.3 Å². The average molecular weight is 490 g/mol. The molecule has 2 unspecified atom stereocenters. The summed E-state index contributed by atoms with van der Waals surface area (Å²) in [6, 6.07) is 9.75. The zero-order valence-electron chi connectivity index (χ0n) is 19.8. The Hall–Kier alpha value is -2.71. The molecule has 9 heteroatoms. The highest BCUT2D eigenvalue weighted by atomic mass is 35.5. The van der Waals surface area contributed by atoms with Crippen molar-refractivity contribution in [2.75, 3.05) is 43.7 Å². The van der Waals surface area contributed by atoms with Crippen LogP contribution in [-0.4, -0.2) is 68.2 Å². The quantitative estimate of drug-likeness (QED) is 0.593. The number of rotatable bonds is 8. The number of carboxylic acids is 1. The first-order valence-electron chi connectivity index (χ1n) is 11.6. The lowest BCUT2D eigenvalue weighted by atomic mass is 9.96. The number of carbonyl (C=O) groups is 1. The summed E-state index contributed by atoms with van der Waals surface area (Å²) in [6.45, 7) is 4.51. The van der Waals surface area contributed by atoms with Gasteiger partial charge in [0.1, 0.15) is 11.9 Å². The van der Waals surface area contributed by atoms with E-state index in [1.807, 2.05) is 30.3 Å². The van der Waals surface area contributed by atoms with Crippen molar-refractivity contribution in [3.63, 3.8) is 0 Å². The van der Waals surface area contributed by atoms with Gasteiger partial charge in [0.05, 0.1) is 36.5 Å². The van der Waals surface area contributed by atoms with Gasteiger partial charge >= 0.3 is 5.97 Å². The normalized spacial score (nSPS) is 24.8. The molecule has 2 aliphatic rings. The fourth-order valence-electron chi connectivity index (χ4n) is 4.93. The van der Waals surface area contributed by atoms with Gasteiger partial charge in [0.25, 0.3) is 0 Å². The number of nitrogens with zero attached hydrogens (tertiary/aromatic N) is 3. The van der Waals surface area contributed by atoms with Crippen LogP contribution in [0.25, 0.3) is 0 Å². The number of hydrogen-bond donors (Lipinski definition) is 1. The number of aliphatic carboxylic acids is 1. The van der Waals surface area contributed by atoms with E-state index in [0.717, 1.165) is 36.6 Å². The Morgan fingerprint density at radius 2 is 2.00 bits per heavy atom. The second-order valence-electron chi connectivity index (χ2n) is 9.04. The van der Waals surface area contributed by atoms with Crippen LogP contribution >= 0.6 is 11.6 Å². The highest BCUT2D eigenvalue weighted by Crippen LogP contribution is 2.34. The minimum Gasteiger partial charge on any atom is -0.490 e. The van der Waals surface area contributed by atoms with E-state index in [-0.39, 0.29) is 24.7 Å². The standard InChI is InChI=1S/C25H32ClN3O5/c1-16-14-28(22-12-24(33-3)27-13-21(22)26)9-8-23(16)34-19-6-4-17(5-7-19)29-15-20(32-2)10-18(29)11-25(30)31/h4-7,12-13,16,18,20,23H,8-11,14-15H2,1-3H3,(H,30,31)/t16?,18-,20-,23?/m1/s1. The van der Waals surface area contributed by atoms with Crippen LogP contribution in [0, 0.1) is 5.92 Å². The monoisotopic (exact) mass is 489 g/mol. The molecule has 4 atom stereocenters. The number of aromatic nitrogens is 1. The van der Waals surface area contributed by atoms with Gasteiger partial charge in [-0.05, 0) is 30.7 Å². The molecule has 0 bridgehead atoms. The molecule has 3 heterocycles. The molecule has 34 heavy (non-hydrogen) atoms. The molecular formula is C25H32ClN3O5. The molecule has 2 aromatic rings. The van der Waals surface area contributed by atoms with Crippen LogP contribution in [0.4, 0.5) is 11.4 Å². The molecule has 0 saturated carbocycles. The van der Waals surface area contributed by atoms with Gasteiger partial charge in [0.2, 0.25) is 5.88 Å². The Morgan fingerprint density at radius 3 is 2.65 bits per heavy atom. The highest BCUT2D eigenvalue weighted by molar-refractivity contribution is 6.33. The van der Waals surface area contributed by atoms with Gasteiger partial charge in [0, 0.05) is 56.9 Å². The van der Waals surface area contributed by atoms with E-state index in [2.05, 4.69) is 21.7 Å². The summed E-state index contributed by atoms with van der Waals surface area (Å²) in [7, 11) is 3.27. The number of anilines is 2. The predicted molar refractivity (Wildman–Crippen MR) is 131 cm³/mol. The fourth-order valence-corrected chi connectivity index (χ4v) is 5.15. The number of benzene rings is 1. The van der Waals surface area contributed by atoms with E-state index in [1.54, 1.807) is 20.4 Å². The number of pyridine rings is 1. The van der Waals surface area contributed by atoms with Crippen molar-refractivity contribution in [2.24, 2.45) is 5.92 Å². The number of carboxylic acid groups (broad SMARTS) is 1. The van der Waals surface area contributed by atoms with Crippen molar-refractivity contribution in [1.82, 2.24) is 4.98 Å². The Kier molecular flexibility index (Phi) is 7.68. The predicted octanol–water partition coefficient (Wildman–Crippen LogP) is 4.11. The number of ether oxygens (including phenoxy) is 3. The molecular weight excluding hydrogens is 458 g/mol. The van der Waals surface area contributed by atoms with E-state index in [1.165, 1.54) is 0 Å². The summed E-state index contributed by atoms with van der Waals surface area (Å²) < 4.78 is 17.1. The van der Waals surface area contributed by atoms with Crippen LogP contribution in [0.5, 0.6) is 11.6 Å². The van der Waals surface area contributed by atoms with Crippen LogP contribution in [0.2, 0.25) is 5.02 Å². The molecule has 8 nitrogen and oxygen atoms in total. The summed E-state index contributed by atoms with van der Waals surface area (Å²) in [5.74, 6) is 0.865. The first-order valence-corrected chi connectivity index (χ1v) is 12.0. The van der Waals surface area contributed by atoms with Crippen molar-refractivity contribution in [3.8, 4) is 11.6 Å². The third kappa shape index (κ3) is 5.50. The smallest absolute Gasteiger partial charge is 0.305 e.